The van der Waals surface area contributed by atoms with Crippen LogP contribution < -0.4 is 0 Å². The Balaban J connectivity index is 1.24. The molecule has 2 aliphatic heterocycles. The fraction of sp³-hybridized carbons (Fsp3) is 0.370. The molecule has 1 aromatic heterocycles. The summed E-state index contributed by atoms with van der Waals surface area (Å²) in [5.74, 6) is 0.0823. The molecule has 7 nitrogen and oxygen atoms in total. The van der Waals surface area contributed by atoms with Crippen molar-refractivity contribution >= 4 is 11.8 Å². The van der Waals surface area contributed by atoms with Gasteiger partial charge >= 0.3 is 0 Å². The summed E-state index contributed by atoms with van der Waals surface area (Å²) in [7, 11) is 0. The van der Waals surface area contributed by atoms with Crippen molar-refractivity contribution in [2.75, 3.05) is 26.2 Å². The van der Waals surface area contributed by atoms with Gasteiger partial charge in [-0.25, -0.2) is 4.98 Å². The Morgan fingerprint density at radius 3 is 2.68 bits per heavy atom. The van der Waals surface area contributed by atoms with Crippen molar-refractivity contribution in [2.45, 2.75) is 38.0 Å². The van der Waals surface area contributed by atoms with E-state index in [1.54, 1.807) is 12.5 Å². The molecule has 0 N–H and O–H groups in total. The van der Waals surface area contributed by atoms with E-state index >= 15 is 0 Å². The van der Waals surface area contributed by atoms with Gasteiger partial charge in [-0.05, 0) is 42.5 Å². The van der Waals surface area contributed by atoms with Gasteiger partial charge in [-0.2, -0.15) is 0 Å². The second-order valence-corrected chi connectivity index (χ2v) is 9.29. The zero-order chi connectivity index (χ0) is 23.4. The maximum Gasteiger partial charge on any atom is 0.253 e. The average molecular weight is 459 g/mol. The number of hydrogen-bond donors (Lipinski definition) is 0. The number of hydrogen-bond acceptors (Lipinski definition) is 4. The van der Waals surface area contributed by atoms with Crippen LogP contribution in [-0.4, -0.2) is 63.0 Å². The van der Waals surface area contributed by atoms with Crippen molar-refractivity contribution in [1.82, 2.24) is 19.4 Å². The molecule has 2 aliphatic rings. The molecule has 2 fully saturated rings. The van der Waals surface area contributed by atoms with Crippen LogP contribution in [0.5, 0.6) is 0 Å². The minimum Gasteiger partial charge on any atom is -0.363 e. The molecule has 1 spiro atoms. The normalized spacial score (nSPS) is 21.0. The zero-order valence-corrected chi connectivity index (χ0v) is 19.3. The Kier molecular flexibility index (Phi) is 6.45. The van der Waals surface area contributed by atoms with Crippen molar-refractivity contribution in [3.63, 3.8) is 0 Å². The predicted molar refractivity (Wildman–Crippen MR) is 128 cm³/mol. The van der Waals surface area contributed by atoms with E-state index in [1.807, 2.05) is 75.2 Å². The van der Waals surface area contributed by atoms with E-state index in [9.17, 15) is 9.59 Å². The van der Waals surface area contributed by atoms with Crippen molar-refractivity contribution < 1.29 is 14.3 Å². The molecule has 3 heterocycles. The van der Waals surface area contributed by atoms with Crippen LogP contribution in [0, 0.1) is 0 Å². The second kappa shape index (κ2) is 9.81. The average Bonchev–Trinajstić information content (AvgIpc) is 3.28. The van der Waals surface area contributed by atoms with Crippen LogP contribution in [-0.2, 0) is 22.6 Å². The summed E-state index contributed by atoms with van der Waals surface area (Å²) in [6, 6.07) is 17.9. The monoisotopic (exact) mass is 458 g/mol. The van der Waals surface area contributed by atoms with Gasteiger partial charge in [0, 0.05) is 44.1 Å². The molecule has 34 heavy (non-hydrogen) atoms. The number of likely N-dealkylation sites (tertiary alicyclic amines) is 1. The first kappa shape index (κ1) is 22.3. The van der Waals surface area contributed by atoms with Crippen LogP contribution in [0.1, 0.15) is 40.7 Å². The van der Waals surface area contributed by atoms with Gasteiger partial charge in [-0.1, -0.05) is 42.5 Å². The maximum atomic E-state index is 13.3. The number of carbonyl (C=O) groups excluding carboxylic acids is 2. The Hall–Kier alpha value is -3.45. The van der Waals surface area contributed by atoms with E-state index in [0.29, 0.717) is 38.3 Å². The molecule has 5 rings (SSSR count). The van der Waals surface area contributed by atoms with Gasteiger partial charge in [-0.3, -0.25) is 9.59 Å². The lowest BCUT2D eigenvalue weighted by Crippen LogP contribution is -2.54. The van der Waals surface area contributed by atoms with Crippen LogP contribution in [0.25, 0.3) is 0 Å². The third-order valence-electron chi connectivity index (χ3n) is 6.83. The molecular weight excluding hydrogens is 428 g/mol. The van der Waals surface area contributed by atoms with Gasteiger partial charge < -0.3 is 19.1 Å². The number of benzene rings is 2. The lowest BCUT2D eigenvalue weighted by atomic mass is 9.92. The maximum absolute atomic E-state index is 13.3. The quantitative estimate of drug-likeness (QED) is 0.588. The van der Waals surface area contributed by atoms with Gasteiger partial charge in [0.25, 0.3) is 5.91 Å². The summed E-state index contributed by atoms with van der Waals surface area (Å²) in [6.45, 7) is 3.28. The Labute approximate surface area is 200 Å². The largest absolute Gasteiger partial charge is 0.363 e. The Bertz CT molecular complexity index is 1130. The smallest absolute Gasteiger partial charge is 0.253 e. The number of ether oxygens (including phenoxy) is 1. The van der Waals surface area contributed by atoms with Crippen molar-refractivity contribution in [1.29, 1.82) is 0 Å². The Morgan fingerprint density at radius 2 is 1.85 bits per heavy atom. The molecule has 2 saturated heterocycles. The summed E-state index contributed by atoms with van der Waals surface area (Å²) in [6.07, 6.45) is 7.87. The first-order valence-corrected chi connectivity index (χ1v) is 11.9. The van der Waals surface area contributed by atoms with Gasteiger partial charge in [0.15, 0.2) is 0 Å². The van der Waals surface area contributed by atoms with E-state index in [-0.39, 0.29) is 24.0 Å². The van der Waals surface area contributed by atoms with Crippen molar-refractivity contribution in [3.8, 4) is 0 Å². The third-order valence-corrected chi connectivity index (χ3v) is 6.83. The van der Waals surface area contributed by atoms with Crippen LogP contribution >= 0.6 is 0 Å². The Morgan fingerprint density at radius 1 is 1.00 bits per heavy atom. The highest BCUT2D eigenvalue weighted by atomic mass is 16.5. The summed E-state index contributed by atoms with van der Waals surface area (Å²) in [5, 5.41) is 0. The van der Waals surface area contributed by atoms with E-state index in [0.717, 1.165) is 30.4 Å². The lowest BCUT2D eigenvalue weighted by Gasteiger charge is -2.42. The molecule has 7 heteroatoms. The molecule has 1 atom stereocenters. The topological polar surface area (TPSA) is 67.7 Å². The number of imidazole rings is 1. The second-order valence-electron chi connectivity index (χ2n) is 9.29. The minimum atomic E-state index is -0.388. The standard InChI is InChI=1S/C27H30N4O3/c32-25-19-34-27(20-31(25)18-22-6-2-1-3-7-22)10-5-13-30(14-11-27)26(33)24-9-4-8-23(16-24)17-29-15-12-28-21-29/h1-4,6-9,12,15-16,21H,5,10-11,13-14,17-20H2/t27-/m1/s1. The minimum absolute atomic E-state index is 0.0290. The summed E-state index contributed by atoms with van der Waals surface area (Å²) < 4.78 is 8.13. The number of amides is 2. The summed E-state index contributed by atoms with van der Waals surface area (Å²) in [5.41, 5.74) is 2.51. The fourth-order valence-corrected chi connectivity index (χ4v) is 4.99. The highest BCUT2D eigenvalue weighted by Crippen LogP contribution is 2.31. The number of nitrogens with zero attached hydrogens (tertiary/aromatic N) is 4. The molecular formula is C27H30N4O3. The number of morpholine rings is 1. The van der Waals surface area contributed by atoms with Crippen molar-refractivity contribution in [3.05, 3.63) is 90.0 Å². The molecule has 0 saturated carbocycles. The molecule has 0 bridgehead atoms. The molecule has 3 aromatic rings. The molecule has 2 aromatic carbocycles. The SMILES string of the molecule is O=C1CO[C@@]2(CCCN(C(=O)c3cccc(Cn4ccnc4)c3)CC2)CN1Cc1ccccc1. The summed E-state index contributed by atoms with van der Waals surface area (Å²) >= 11 is 0. The number of rotatable bonds is 5. The first-order chi connectivity index (χ1) is 16.6. The fourth-order valence-electron chi connectivity index (χ4n) is 4.99. The molecule has 0 unspecified atom stereocenters. The molecule has 0 radical (unpaired) electrons. The zero-order valence-electron chi connectivity index (χ0n) is 19.3. The molecule has 176 valence electrons. The van der Waals surface area contributed by atoms with E-state index in [4.69, 9.17) is 4.74 Å². The van der Waals surface area contributed by atoms with Crippen LogP contribution in [0.4, 0.5) is 0 Å². The third kappa shape index (κ3) is 5.04. The van der Waals surface area contributed by atoms with Gasteiger partial charge in [0.05, 0.1) is 18.5 Å². The van der Waals surface area contributed by atoms with Crippen LogP contribution in [0.2, 0.25) is 0 Å². The van der Waals surface area contributed by atoms with Crippen molar-refractivity contribution in [2.24, 2.45) is 0 Å². The summed E-state index contributed by atoms with van der Waals surface area (Å²) in [4.78, 5) is 33.8. The van der Waals surface area contributed by atoms with E-state index in [2.05, 4.69) is 4.98 Å². The van der Waals surface area contributed by atoms with E-state index < -0.39 is 0 Å². The van der Waals surface area contributed by atoms with Crippen LogP contribution in [0.3, 0.4) is 0 Å². The lowest BCUT2D eigenvalue weighted by molar-refractivity contribution is -0.166. The predicted octanol–water partition coefficient (Wildman–Crippen LogP) is 3.36. The van der Waals surface area contributed by atoms with Gasteiger partial charge in [-0.15, -0.1) is 0 Å². The first-order valence-electron chi connectivity index (χ1n) is 11.9. The number of aromatic nitrogens is 2. The highest BCUT2D eigenvalue weighted by molar-refractivity contribution is 5.94. The molecule has 0 aliphatic carbocycles. The van der Waals surface area contributed by atoms with Gasteiger partial charge in [0.1, 0.15) is 6.61 Å². The number of carbonyl (C=O) groups is 2. The van der Waals surface area contributed by atoms with Crippen LogP contribution in [0.15, 0.2) is 73.3 Å². The van der Waals surface area contributed by atoms with Gasteiger partial charge in [0.2, 0.25) is 5.91 Å². The molecule has 2 amide bonds. The van der Waals surface area contributed by atoms with E-state index in [1.165, 1.54) is 0 Å². The highest BCUT2D eigenvalue weighted by Gasteiger charge is 2.41.